The number of aromatic nitrogens is 3. The number of rotatable bonds is 7. The minimum atomic E-state index is 0.591. The van der Waals surface area contributed by atoms with Gasteiger partial charge in [0.25, 0.3) is 0 Å². The Labute approximate surface area is 312 Å². The maximum Gasteiger partial charge on any atom is 0.164 e. The van der Waals surface area contributed by atoms with Crippen molar-refractivity contribution in [3.8, 4) is 45.3 Å². The zero-order valence-corrected chi connectivity index (χ0v) is 29.2. The second-order valence-electron chi connectivity index (χ2n) is 13.3. The molecule has 0 aliphatic rings. The molecule has 2 aromatic heterocycles. The van der Waals surface area contributed by atoms with Crippen LogP contribution in [0.15, 0.2) is 199 Å². The second-order valence-corrected chi connectivity index (χ2v) is 13.3. The molecule has 0 aliphatic carbocycles. The summed E-state index contributed by atoms with van der Waals surface area (Å²) < 4.78 is 6.54. The maximum atomic E-state index is 6.54. The normalized spacial score (nSPS) is 11.3. The van der Waals surface area contributed by atoms with Crippen LogP contribution in [0.3, 0.4) is 0 Å². The van der Waals surface area contributed by atoms with E-state index in [1.54, 1.807) is 0 Å². The minimum absolute atomic E-state index is 0.591. The van der Waals surface area contributed by atoms with Crippen LogP contribution in [0.25, 0.3) is 78.0 Å². The number of hydrogen-bond donors (Lipinski definition) is 0. The molecular formula is C49H32N4O. The van der Waals surface area contributed by atoms with Crippen molar-refractivity contribution in [3.63, 3.8) is 0 Å². The Morgan fingerprint density at radius 1 is 0.352 bits per heavy atom. The predicted molar refractivity (Wildman–Crippen MR) is 221 cm³/mol. The first-order valence-corrected chi connectivity index (χ1v) is 18.0. The molecule has 54 heavy (non-hydrogen) atoms. The molecule has 5 heteroatoms. The molecule has 0 bridgehead atoms. The highest BCUT2D eigenvalue weighted by molar-refractivity contribution is 6.13. The molecule has 0 saturated heterocycles. The van der Waals surface area contributed by atoms with Crippen molar-refractivity contribution in [2.24, 2.45) is 0 Å². The summed E-state index contributed by atoms with van der Waals surface area (Å²) in [6.07, 6.45) is 0. The van der Waals surface area contributed by atoms with E-state index in [1.165, 1.54) is 0 Å². The second kappa shape index (κ2) is 13.3. The van der Waals surface area contributed by atoms with E-state index in [2.05, 4.69) is 108 Å². The van der Waals surface area contributed by atoms with E-state index in [0.717, 1.165) is 77.6 Å². The average molecular weight is 693 g/mol. The lowest BCUT2D eigenvalue weighted by atomic mass is 9.96. The number of hydrogen-bond acceptors (Lipinski definition) is 5. The molecule has 10 rings (SSSR count). The summed E-state index contributed by atoms with van der Waals surface area (Å²) in [6, 6.07) is 66.9. The number of benzene rings is 8. The zero-order chi connectivity index (χ0) is 35.8. The Morgan fingerprint density at radius 3 is 1.54 bits per heavy atom. The summed E-state index contributed by atoms with van der Waals surface area (Å²) >= 11 is 0. The number of para-hydroxylation sites is 3. The SMILES string of the molecule is c1ccc(-c2nc(-c3ccccc3)nc(-c3cc(-c4ccc5cc(N(c6ccccc6)c6ccccc6)ccc5c4)cc4oc5ccccc5c34)n2)cc1. The highest BCUT2D eigenvalue weighted by Gasteiger charge is 2.20. The average Bonchev–Trinajstić information content (AvgIpc) is 3.63. The Hall–Kier alpha value is -7.37. The van der Waals surface area contributed by atoms with Crippen LogP contribution in [0, 0.1) is 0 Å². The van der Waals surface area contributed by atoms with Gasteiger partial charge >= 0.3 is 0 Å². The molecule has 10 aromatic rings. The van der Waals surface area contributed by atoms with Crippen molar-refractivity contribution in [1.82, 2.24) is 15.0 Å². The largest absolute Gasteiger partial charge is 0.456 e. The standard InChI is InChI=1S/C49H32N4O/c1-5-15-33(16-6-1)47-50-48(34-17-7-2-8-18-34)52-49(51-47)43-31-38(32-45-46(43)42-23-13-14-24-44(42)54-45)36-25-26-37-30-41(28-27-35(37)29-36)53(39-19-9-3-10-20-39)40-21-11-4-12-22-40/h1-32H. The summed E-state index contributed by atoms with van der Waals surface area (Å²) in [5.74, 6) is 1.83. The lowest BCUT2D eigenvalue weighted by molar-refractivity contribution is 0.669. The van der Waals surface area contributed by atoms with Crippen LogP contribution in [0.5, 0.6) is 0 Å². The molecule has 0 spiro atoms. The third-order valence-corrected chi connectivity index (χ3v) is 9.86. The summed E-state index contributed by atoms with van der Waals surface area (Å²) in [7, 11) is 0. The number of anilines is 3. The van der Waals surface area contributed by atoms with Gasteiger partial charge in [-0.05, 0) is 82.6 Å². The van der Waals surface area contributed by atoms with E-state index in [1.807, 2.05) is 91.0 Å². The minimum Gasteiger partial charge on any atom is -0.456 e. The molecule has 2 heterocycles. The molecule has 0 atom stereocenters. The predicted octanol–water partition coefficient (Wildman–Crippen LogP) is 13.1. The quantitative estimate of drug-likeness (QED) is 0.166. The van der Waals surface area contributed by atoms with Crippen molar-refractivity contribution >= 4 is 49.8 Å². The van der Waals surface area contributed by atoms with Gasteiger partial charge in [0.1, 0.15) is 11.2 Å². The van der Waals surface area contributed by atoms with Gasteiger partial charge in [0.05, 0.1) is 0 Å². The number of nitrogens with zero attached hydrogens (tertiary/aromatic N) is 4. The first kappa shape index (κ1) is 31.4. The maximum absolute atomic E-state index is 6.54. The number of furan rings is 1. The van der Waals surface area contributed by atoms with Crippen molar-refractivity contribution < 1.29 is 4.42 Å². The van der Waals surface area contributed by atoms with Crippen LogP contribution in [0.4, 0.5) is 17.1 Å². The lowest BCUT2D eigenvalue weighted by Gasteiger charge is -2.25. The van der Waals surface area contributed by atoms with Crippen LogP contribution in [-0.4, -0.2) is 15.0 Å². The van der Waals surface area contributed by atoms with E-state index in [0.29, 0.717) is 17.5 Å². The van der Waals surface area contributed by atoms with Gasteiger partial charge < -0.3 is 9.32 Å². The number of fused-ring (bicyclic) bond motifs is 4. The first-order valence-electron chi connectivity index (χ1n) is 18.0. The van der Waals surface area contributed by atoms with Gasteiger partial charge in [0.2, 0.25) is 0 Å². The molecule has 254 valence electrons. The highest BCUT2D eigenvalue weighted by Crippen LogP contribution is 2.41. The summed E-state index contributed by atoms with van der Waals surface area (Å²) in [4.78, 5) is 17.5. The van der Waals surface area contributed by atoms with Gasteiger partial charge in [0.15, 0.2) is 17.5 Å². The third kappa shape index (κ3) is 5.74. The van der Waals surface area contributed by atoms with Gasteiger partial charge in [-0.25, -0.2) is 15.0 Å². The summed E-state index contributed by atoms with van der Waals surface area (Å²) in [5, 5.41) is 4.28. The van der Waals surface area contributed by atoms with Crippen LogP contribution >= 0.6 is 0 Å². The van der Waals surface area contributed by atoms with Gasteiger partial charge in [-0.2, -0.15) is 0 Å². The molecule has 5 nitrogen and oxygen atoms in total. The Morgan fingerprint density at radius 2 is 0.889 bits per heavy atom. The van der Waals surface area contributed by atoms with E-state index in [9.17, 15) is 0 Å². The first-order chi connectivity index (χ1) is 26.7. The van der Waals surface area contributed by atoms with Crippen LogP contribution < -0.4 is 4.90 Å². The van der Waals surface area contributed by atoms with Gasteiger partial charge in [-0.15, -0.1) is 0 Å². The molecule has 0 aliphatic heterocycles. The monoisotopic (exact) mass is 692 g/mol. The summed E-state index contributed by atoms with van der Waals surface area (Å²) in [6.45, 7) is 0. The van der Waals surface area contributed by atoms with Crippen molar-refractivity contribution in [2.75, 3.05) is 4.90 Å². The molecule has 0 radical (unpaired) electrons. The van der Waals surface area contributed by atoms with Crippen molar-refractivity contribution in [3.05, 3.63) is 194 Å². The molecule has 0 amide bonds. The molecule has 0 unspecified atom stereocenters. The van der Waals surface area contributed by atoms with Crippen molar-refractivity contribution in [1.29, 1.82) is 0 Å². The van der Waals surface area contributed by atoms with Crippen molar-refractivity contribution in [2.45, 2.75) is 0 Å². The fourth-order valence-electron chi connectivity index (χ4n) is 7.28. The Balaban J connectivity index is 1.14. The third-order valence-electron chi connectivity index (χ3n) is 9.86. The van der Waals surface area contributed by atoms with Gasteiger partial charge in [-0.1, -0.05) is 133 Å². The highest BCUT2D eigenvalue weighted by atomic mass is 16.3. The molecule has 0 fully saturated rings. The van der Waals surface area contributed by atoms with E-state index >= 15 is 0 Å². The van der Waals surface area contributed by atoms with E-state index in [4.69, 9.17) is 19.4 Å². The molecule has 0 N–H and O–H groups in total. The van der Waals surface area contributed by atoms with Crippen LogP contribution in [0.2, 0.25) is 0 Å². The lowest BCUT2D eigenvalue weighted by Crippen LogP contribution is -2.09. The smallest absolute Gasteiger partial charge is 0.164 e. The summed E-state index contributed by atoms with van der Waals surface area (Å²) in [5.41, 5.74) is 9.74. The Bertz CT molecular complexity index is 2830. The zero-order valence-electron chi connectivity index (χ0n) is 29.2. The Kier molecular flexibility index (Phi) is 7.73. The molecule has 8 aromatic carbocycles. The van der Waals surface area contributed by atoms with Gasteiger partial charge in [0, 0.05) is 44.5 Å². The van der Waals surface area contributed by atoms with Gasteiger partial charge in [-0.3, -0.25) is 0 Å². The van der Waals surface area contributed by atoms with E-state index in [-0.39, 0.29) is 0 Å². The fraction of sp³-hybridized carbons (Fsp3) is 0. The fourth-order valence-corrected chi connectivity index (χ4v) is 7.28. The molecular weight excluding hydrogens is 661 g/mol. The van der Waals surface area contributed by atoms with Crippen LogP contribution in [-0.2, 0) is 0 Å². The van der Waals surface area contributed by atoms with Crippen LogP contribution in [0.1, 0.15) is 0 Å². The van der Waals surface area contributed by atoms with E-state index < -0.39 is 0 Å². The molecule has 0 saturated carbocycles. The topological polar surface area (TPSA) is 55.1 Å².